The molecule has 4 rings (SSSR count). The van der Waals surface area contributed by atoms with E-state index in [1.165, 1.54) is 0 Å². The molecule has 3 aromatic rings. The van der Waals surface area contributed by atoms with Crippen molar-refractivity contribution in [2.24, 2.45) is 0 Å². The summed E-state index contributed by atoms with van der Waals surface area (Å²) in [5, 5.41) is 4.67. The van der Waals surface area contributed by atoms with Crippen LogP contribution in [0.1, 0.15) is 13.8 Å². The normalized spacial score (nSPS) is 14.1. The monoisotopic (exact) mass is 440 g/mol. The van der Waals surface area contributed by atoms with Crippen LogP contribution in [0.3, 0.4) is 0 Å². The minimum absolute atomic E-state index is 0.0643. The minimum Gasteiger partial charge on any atom is -0.483 e. The fourth-order valence-electron chi connectivity index (χ4n) is 3.44. The van der Waals surface area contributed by atoms with E-state index in [0.717, 1.165) is 22.0 Å². The molecule has 8 heteroatoms. The molecule has 31 heavy (non-hydrogen) atoms. The third kappa shape index (κ3) is 5.06. The molecule has 1 fully saturated rings. The molecule has 0 saturated carbocycles. The van der Waals surface area contributed by atoms with Crippen LogP contribution in [-0.2, 0) is 9.53 Å². The number of carbonyl (C=O) groups is 1. The summed E-state index contributed by atoms with van der Waals surface area (Å²) in [7, 11) is 0. The number of hydrogen-bond donors (Lipinski definition) is 1. The molecule has 1 aliphatic rings. The van der Waals surface area contributed by atoms with E-state index in [2.05, 4.69) is 15.3 Å². The van der Waals surface area contributed by atoms with E-state index < -0.39 is 0 Å². The molecular formula is C23H25ClN4O3. The molecule has 1 N–H and O–H groups in total. The lowest BCUT2D eigenvalue weighted by Crippen LogP contribution is -2.43. The van der Waals surface area contributed by atoms with Gasteiger partial charge in [-0.05, 0) is 26.0 Å². The Balaban J connectivity index is 1.69. The average Bonchev–Trinajstić information content (AvgIpc) is 2.77. The van der Waals surface area contributed by atoms with E-state index in [-0.39, 0.29) is 18.6 Å². The largest absolute Gasteiger partial charge is 0.483 e. The van der Waals surface area contributed by atoms with Crippen molar-refractivity contribution in [2.75, 3.05) is 38.2 Å². The number of carbonyl (C=O) groups excluding carboxylic acids is 1. The Morgan fingerprint density at radius 1 is 1.23 bits per heavy atom. The zero-order chi connectivity index (χ0) is 21.8. The lowest BCUT2D eigenvalue weighted by atomic mass is 10.0. The highest BCUT2D eigenvalue weighted by Crippen LogP contribution is 2.37. The fourth-order valence-corrected chi connectivity index (χ4v) is 3.68. The van der Waals surface area contributed by atoms with E-state index in [9.17, 15) is 4.79 Å². The SMILES string of the molecule is CC(C)Nc1ncc2cc(-c3ccccc3Cl)c(OCC(=O)N3CCOCC3)cc2n1. The zero-order valence-electron chi connectivity index (χ0n) is 17.6. The number of amides is 1. The van der Waals surface area contributed by atoms with Crippen LogP contribution < -0.4 is 10.1 Å². The quantitative estimate of drug-likeness (QED) is 0.624. The highest BCUT2D eigenvalue weighted by Gasteiger charge is 2.19. The van der Waals surface area contributed by atoms with E-state index >= 15 is 0 Å². The van der Waals surface area contributed by atoms with Gasteiger partial charge in [0.15, 0.2) is 6.61 Å². The predicted molar refractivity (Wildman–Crippen MR) is 122 cm³/mol. The summed E-state index contributed by atoms with van der Waals surface area (Å²) in [6.45, 7) is 6.25. The van der Waals surface area contributed by atoms with Gasteiger partial charge in [0, 0.05) is 52.9 Å². The second-order valence-corrected chi connectivity index (χ2v) is 8.07. The van der Waals surface area contributed by atoms with Gasteiger partial charge in [0.25, 0.3) is 5.91 Å². The number of anilines is 1. The number of hydrogen-bond acceptors (Lipinski definition) is 6. The maximum Gasteiger partial charge on any atom is 0.260 e. The molecule has 0 spiro atoms. The molecule has 0 bridgehead atoms. The van der Waals surface area contributed by atoms with Crippen LogP contribution >= 0.6 is 11.6 Å². The summed E-state index contributed by atoms with van der Waals surface area (Å²) in [5.74, 6) is 1.03. The van der Waals surface area contributed by atoms with E-state index in [1.54, 1.807) is 11.1 Å². The zero-order valence-corrected chi connectivity index (χ0v) is 18.4. The highest BCUT2D eigenvalue weighted by atomic mass is 35.5. The number of nitrogens with zero attached hydrogens (tertiary/aromatic N) is 3. The van der Waals surface area contributed by atoms with Crippen molar-refractivity contribution in [3.8, 4) is 16.9 Å². The van der Waals surface area contributed by atoms with E-state index in [1.807, 2.05) is 50.2 Å². The maximum absolute atomic E-state index is 12.6. The van der Waals surface area contributed by atoms with Crippen molar-refractivity contribution < 1.29 is 14.3 Å². The van der Waals surface area contributed by atoms with Crippen molar-refractivity contribution in [3.05, 3.63) is 47.6 Å². The standard InChI is InChI=1S/C23H25ClN4O3/c1-15(2)26-23-25-13-16-11-18(17-5-3-4-6-19(17)24)21(12-20(16)27-23)31-14-22(29)28-7-9-30-10-8-28/h3-6,11-13,15H,7-10,14H2,1-2H3,(H,25,26,27). The Morgan fingerprint density at radius 2 is 2.00 bits per heavy atom. The van der Waals surface area contributed by atoms with Gasteiger partial charge in [0.05, 0.1) is 18.7 Å². The molecule has 1 amide bonds. The van der Waals surface area contributed by atoms with Crippen LogP contribution in [0.15, 0.2) is 42.6 Å². The highest BCUT2D eigenvalue weighted by molar-refractivity contribution is 6.33. The Kier molecular flexibility index (Phi) is 6.53. The van der Waals surface area contributed by atoms with Gasteiger partial charge in [-0.15, -0.1) is 0 Å². The summed E-state index contributed by atoms with van der Waals surface area (Å²) < 4.78 is 11.3. The third-order valence-corrected chi connectivity index (χ3v) is 5.31. The van der Waals surface area contributed by atoms with Gasteiger partial charge in [-0.3, -0.25) is 4.79 Å². The van der Waals surface area contributed by atoms with Gasteiger partial charge in [-0.2, -0.15) is 0 Å². The first-order valence-corrected chi connectivity index (χ1v) is 10.7. The molecule has 7 nitrogen and oxygen atoms in total. The van der Waals surface area contributed by atoms with Gasteiger partial charge < -0.3 is 19.7 Å². The number of fused-ring (bicyclic) bond motifs is 1. The first-order valence-electron chi connectivity index (χ1n) is 10.3. The average molecular weight is 441 g/mol. The molecule has 1 saturated heterocycles. The number of nitrogens with one attached hydrogen (secondary N) is 1. The summed E-state index contributed by atoms with van der Waals surface area (Å²) in [5.41, 5.74) is 2.34. The summed E-state index contributed by atoms with van der Waals surface area (Å²) in [6, 6.07) is 11.5. The Bertz CT molecular complexity index is 1080. The van der Waals surface area contributed by atoms with Crippen molar-refractivity contribution >= 4 is 34.4 Å². The fraction of sp³-hybridized carbons (Fsp3) is 0.348. The molecule has 0 radical (unpaired) electrons. The molecular weight excluding hydrogens is 416 g/mol. The Morgan fingerprint density at radius 3 is 2.74 bits per heavy atom. The van der Waals surface area contributed by atoms with Crippen molar-refractivity contribution in [1.82, 2.24) is 14.9 Å². The lowest BCUT2D eigenvalue weighted by molar-refractivity contribution is -0.137. The van der Waals surface area contributed by atoms with Gasteiger partial charge >= 0.3 is 0 Å². The van der Waals surface area contributed by atoms with Crippen molar-refractivity contribution in [3.63, 3.8) is 0 Å². The first kappa shape index (κ1) is 21.3. The Hall–Kier alpha value is -2.90. The number of aromatic nitrogens is 2. The number of ether oxygens (including phenoxy) is 2. The second-order valence-electron chi connectivity index (χ2n) is 7.66. The number of benzene rings is 2. The lowest BCUT2D eigenvalue weighted by Gasteiger charge is -2.27. The van der Waals surface area contributed by atoms with Crippen LogP contribution in [0, 0.1) is 0 Å². The van der Waals surface area contributed by atoms with Gasteiger partial charge in [-0.1, -0.05) is 29.8 Å². The summed E-state index contributed by atoms with van der Waals surface area (Å²) in [4.78, 5) is 23.4. The molecule has 0 aliphatic carbocycles. The van der Waals surface area contributed by atoms with E-state index in [4.69, 9.17) is 21.1 Å². The van der Waals surface area contributed by atoms with Crippen LogP contribution in [0.4, 0.5) is 5.95 Å². The molecule has 0 atom stereocenters. The smallest absolute Gasteiger partial charge is 0.260 e. The minimum atomic E-state index is -0.0710. The number of morpholine rings is 1. The number of rotatable bonds is 6. The van der Waals surface area contributed by atoms with Crippen molar-refractivity contribution in [2.45, 2.75) is 19.9 Å². The predicted octanol–water partition coefficient (Wildman–Crippen LogP) is 4.01. The van der Waals surface area contributed by atoms with Crippen molar-refractivity contribution in [1.29, 1.82) is 0 Å². The number of halogens is 1. The molecule has 162 valence electrons. The summed E-state index contributed by atoms with van der Waals surface area (Å²) >= 11 is 6.46. The Labute approximate surface area is 186 Å². The van der Waals surface area contributed by atoms with Crippen LogP contribution in [-0.4, -0.2) is 59.7 Å². The van der Waals surface area contributed by atoms with Crippen LogP contribution in [0.25, 0.3) is 22.0 Å². The van der Waals surface area contributed by atoms with Gasteiger partial charge in [0.2, 0.25) is 5.95 Å². The van der Waals surface area contributed by atoms with E-state index in [0.29, 0.717) is 43.0 Å². The summed E-state index contributed by atoms with van der Waals surface area (Å²) in [6.07, 6.45) is 1.77. The van der Waals surface area contributed by atoms with Gasteiger partial charge in [0.1, 0.15) is 5.75 Å². The van der Waals surface area contributed by atoms with Crippen LogP contribution in [0.5, 0.6) is 5.75 Å². The molecule has 2 aromatic carbocycles. The molecule has 1 aliphatic heterocycles. The molecule has 1 aromatic heterocycles. The first-order chi connectivity index (χ1) is 15.0. The maximum atomic E-state index is 12.6. The topological polar surface area (TPSA) is 76.6 Å². The molecule has 0 unspecified atom stereocenters. The molecule has 2 heterocycles. The van der Waals surface area contributed by atoms with Gasteiger partial charge in [-0.25, -0.2) is 9.97 Å². The second kappa shape index (κ2) is 9.49. The third-order valence-electron chi connectivity index (χ3n) is 4.98. The van der Waals surface area contributed by atoms with Crippen LogP contribution in [0.2, 0.25) is 5.02 Å².